The van der Waals surface area contributed by atoms with Crippen LogP contribution in [0.2, 0.25) is 5.02 Å². The fraction of sp³-hybridized carbons (Fsp3) is 0.345. The van der Waals surface area contributed by atoms with Gasteiger partial charge in [-0.05, 0) is 84.1 Å². The monoisotopic (exact) mass is 573 g/mol. The number of halogens is 2. The number of piperidine rings is 1. The van der Waals surface area contributed by atoms with E-state index in [4.69, 9.17) is 11.6 Å². The minimum absolute atomic E-state index is 0. The Balaban J connectivity index is 0.00000336. The first-order valence-corrected chi connectivity index (χ1v) is 14.7. The molecule has 2 aliphatic heterocycles. The van der Waals surface area contributed by atoms with Crippen LogP contribution in [0.4, 0.5) is 0 Å². The third kappa shape index (κ3) is 5.92. The van der Waals surface area contributed by atoms with Crippen LogP contribution in [0.3, 0.4) is 0 Å². The van der Waals surface area contributed by atoms with Crippen molar-refractivity contribution in [2.75, 3.05) is 39.3 Å². The first-order chi connectivity index (χ1) is 17.9. The Morgan fingerprint density at radius 1 is 0.947 bits per heavy atom. The van der Waals surface area contributed by atoms with Crippen molar-refractivity contribution < 1.29 is 13.2 Å². The number of carbonyl (C=O) groups is 1. The average molecular weight is 575 g/mol. The molecule has 1 unspecified atom stereocenters. The van der Waals surface area contributed by atoms with Crippen LogP contribution in [0.1, 0.15) is 45.5 Å². The van der Waals surface area contributed by atoms with E-state index in [0.717, 1.165) is 36.7 Å². The molecule has 5 rings (SSSR count). The van der Waals surface area contributed by atoms with Gasteiger partial charge in [-0.15, -0.1) is 19.0 Å². The second-order valence-corrected chi connectivity index (χ2v) is 12.3. The molecule has 1 amide bonds. The standard InChI is InChI=1S/C29H32ClN3O3S.ClH/c1-2-28(26-8-7-25-20-27(30)10-9-24(25)19-26)37(35,36)33-17-15-32(16-18-33)29(34)23-5-3-21(4-6-23)22-11-13-31-14-12-22;/h2-10,19-20,22,28,31H,1,11-18H2;1H. The minimum Gasteiger partial charge on any atom is -0.336 e. The van der Waals surface area contributed by atoms with Crippen LogP contribution in [0.5, 0.6) is 0 Å². The highest BCUT2D eigenvalue weighted by Gasteiger charge is 2.35. The summed E-state index contributed by atoms with van der Waals surface area (Å²) in [5.74, 6) is 0.486. The van der Waals surface area contributed by atoms with Gasteiger partial charge in [-0.25, -0.2) is 8.42 Å². The Labute approximate surface area is 236 Å². The van der Waals surface area contributed by atoms with Crippen LogP contribution in [0, 0.1) is 0 Å². The van der Waals surface area contributed by atoms with Crippen LogP contribution in [-0.4, -0.2) is 62.8 Å². The number of hydrogen-bond acceptors (Lipinski definition) is 4. The lowest BCUT2D eigenvalue weighted by Gasteiger charge is -2.35. The third-order valence-corrected chi connectivity index (χ3v) is 9.97. The van der Waals surface area contributed by atoms with Crippen LogP contribution in [0.15, 0.2) is 73.3 Å². The highest BCUT2D eigenvalue weighted by molar-refractivity contribution is 7.89. The summed E-state index contributed by atoms with van der Waals surface area (Å²) >= 11 is 6.09. The lowest BCUT2D eigenvalue weighted by molar-refractivity contribution is 0.0697. The SMILES string of the molecule is C=CC(c1ccc2cc(Cl)ccc2c1)S(=O)(=O)N1CCN(C(=O)c2ccc(C3CCNCC3)cc2)CC1.Cl. The molecule has 6 nitrogen and oxygen atoms in total. The summed E-state index contributed by atoms with van der Waals surface area (Å²) < 4.78 is 28.6. The highest BCUT2D eigenvalue weighted by Crippen LogP contribution is 2.31. The Morgan fingerprint density at radius 3 is 2.24 bits per heavy atom. The Morgan fingerprint density at radius 2 is 1.58 bits per heavy atom. The predicted octanol–water partition coefficient (Wildman–Crippen LogP) is 5.40. The summed E-state index contributed by atoms with van der Waals surface area (Å²) in [5.41, 5.74) is 2.59. The molecule has 0 bridgehead atoms. The second-order valence-electron chi connectivity index (χ2n) is 9.79. The van der Waals surface area contributed by atoms with E-state index >= 15 is 0 Å². The van der Waals surface area contributed by atoms with Crippen molar-refractivity contribution in [2.24, 2.45) is 0 Å². The number of hydrogen-bond donors (Lipinski definition) is 1. The van der Waals surface area contributed by atoms with Crippen molar-refractivity contribution in [1.82, 2.24) is 14.5 Å². The number of sulfonamides is 1. The molecule has 2 heterocycles. The largest absolute Gasteiger partial charge is 0.336 e. The summed E-state index contributed by atoms with van der Waals surface area (Å²) in [4.78, 5) is 14.9. The quantitative estimate of drug-likeness (QED) is 0.401. The van der Waals surface area contributed by atoms with Gasteiger partial charge in [-0.1, -0.05) is 48.0 Å². The van der Waals surface area contributed by atoms with Crippen LogP contribution in [-0.2, 0) is 10.0 Å². The van der Waals surface area contributed by atoms with Gasteiger partial charge in [-0.2, -0.15) is 4.31 Å². The van der Waals surface area contributed by atoms with Crippen molar-refractivity contribution in [1.29, 1.82) is 0 Å². The van der Waals surface area contributed by atoms with Crippen molar-refractivity contribution in [3.63, 3.8) is 0 Å². The molecule has 0 saturated carbocycles. The maximum absolute atomic E-state index is 13.6. The van der Waals surface area contributed by atoms with E-state index < -0.39 is 15.3 Å². The Bertz CT molecular complexity index is 1400. The smallest absolute Gasteiger partial charge is 0.253 e. The first-order valence-electron chi connectivity index (χ1n) is 12.8. The van der Waals surface area contributed by atoms with E-state index in [2.05, 4.69) is 24.0 Å². The third-order valence-electron chi connectivity index (χ3n) is 7.54. The van der Waals surface area contributed by atoms with Crippen molar-refractivity contribution in [2.45, 2.75) is 24.0 Å². The van der Waals surface area contributed by atoms with E-state index in [0.29, 0.717) is 35.2 Å². The minimum atomic E-state index is -3.69. The summed E-state index contributed by atoms with van der Waals surface area (Å²) in [5, 5.41) is 5.03. The molecular formula is C29H33Cl2N3O3S. The fourth-order valence-electron chi connectivity index (χ4n) is 5.38. The summed E-state index contributed by atoms with van der Waals surface area (Å²) in [6.45, 7) is 7.11. The van der Waals surface area contributed by atoms with Gasteiger partial charge in [0, 0.05) is 36.8 Å². The molecule has 38 heavy (non-hydrogen) atoms. The van der Waals surface area contributed by atoms with E-state index in [-0.39, 0.29) is 31.4 Å². The van der Waals surface area contributed by atoms with Gasteiger partial charge in [0.05, 0.1) is 0 Å². The van der Waals surface area contributed by atoms with Gasteiger partial charge in [0.15, 0.2) is 0 Å². The van der Waals surface area contributed by atoms with E-state index in [9.17, 15) is 13.2 Å². The average Bonchev–Trinajstić information content (AvgIpc) is 2.93. The Kier molecular flexibility index (Phi) is 9.16. The maximum atomic E-state index is 13.6. The van der Waals surface area contributed by atoms with Crippen molar-refractivity contribution in [3.05, 3.63) is 95.0 Å². The second kappa shape index (κ2) is 12.2. The van der Waals surface area contributed by atoms with Crippen LogP contribution in [0.25, 0.3) is 10.8 Å². The number of benzene rings is 3. The predicted molar refractivity (Wildman–Crippen MR) is 157 cm³/mol. The number of nitrogens with zero attached hydrogens (tertiary/aromatic N) is 2. The lowest BCUT2D eigenvalue weighted by Crippen LogP contribution is -2.51. The zero-order chi connectivity index (χ0) is 26.0. The molecule has 0 spiro atoms. The van der Waals surface area contributed by atoms with Crippen molar-refractivity contribution >= 4 is 50.7 Å². The molecule has 3 aromatic rings. The topological polar surface area (TPSA) is 69.7 Å². The number of piperazine rings is 1. The fourth-order valence-corrected chi connectivity index (χ4v) is 7.29. The molecule has 0 aliphatic carbocycles. The van der Waals surface area contributed by atoms with Gasteiger partial charge < -0.3 is 10.2 Å². The molecular weight excluding hydrogens is 541 g/mol. The lowest BCUT2D eigenvalue weighted by atomic mass is 9.90. The zero-order valence-electron chi connectivity index (χ0n) is 21.2. The normalized spacial score (nSPS) is 18.1. The first kappa shape index (κ1) is 28.6. The molecule has 9 heteroatoms. The number of carbonyl (C=O) groups excluding carboxylic acids is 1. The number of amides is 1. The van der Waals surface area contributed by atoms with E-state index in [1.54, 1.807) is 11.0 Å². The van der Waals surface area contributed by atoms with Gasteiger partial charge in [0.2, 0.25) is 10.0 Å². The summed E-state index contributed by atoms with van der Waals surface area (Å²) in [6, 6.07) is 19.1. The summed E-state index contributed by atoms with van der Waals surface area (Å²) in [7, 11) is -3.69. The van der Waals surface area contributed by atoms with Gasteiger partial charge in [-0.3, -0.25) is 4.79 Å². The van der Waals surface area contributed by atoms with Crippen molar-refractivity contribution in [3.8, 4) is 0 Å². The molecule has 1 atom stereocenters. The number of fused-ring (bicyclic) bond motifs is 1. The van der Waals surface area contributed by atoms with Gasteiger partial charge >= 0.3 is 0 Å². The van der Waals surface area contributed by atoms with Gasteiger partial charge in [0.1, 0.15) is 5.25 Å². The highest BCUT2D eigenvalue weighted by atomic mass is 35.5. The summed E-state index contributed by atoms with van der Waals surface area (Å²) in [6.07, 6.45) is 3.71. The van der Waals surface area contributed by atoms with Gasteiger partial charge in [0.25, 0.3) is 5.91 Å². The molecule has 0 radical (unpaired) electrons. The van der Waals surface area contributed by atoms with E-state index in [1.165, 1.54) is 15.9 Å². The number of nitrogens with one attached hydrogen (secondary N) is 1. The molecule has 3 aromatic carbocycles. The molecule has 2 aliphatic rings. The number of rotatable bonds is 6. The van der Waals surface area contributed by atoms with Crippen LogP contribution >= 0.6 is 24.0 Å². The zero-order valence-corrected chi connectivity index (χ0v) is 23.6. The van der Waals surface area contributed by atoms with Crippen LogP contribution < -0.4 is 5.32 Å². The Hall–Kier alpha value is -2.42. The van der Waals surface area contributed by atoms with E-state index in [1.807, 2.05) is 42.5 Å². The molecule has 2 fully saturated rings. The molecule has 202 valence electrons. The molecule has 0 aromatic heterocycles. The maximum Gasteiger partial charge on any atom is 0.253 e. The molecule has 2 saturated heterocycles. The molecule has 1 N–H and O–H groups in total.